The van der Waals surface area contributed by atoms with Crippen molar-refractivity contribution in [3.63, 3.8) is 0 Å². The number of rotatable bonds is 5. The first-order valence-electron chi connectivity index (χ1n) is 6.05. The van der Waals surface area contributed by atoms with Crippen molar-refractivity contribution in [1.82, 2.24) is 0 Å². The van der Waals surface area contributed by atoms with Crippen LogP contribution in [0.15, 0.2) is 57.5 Å². The molecule has 0 aliphatic heterocycles. The van der Waals surface area contributed by atoms with Crippen LogP contribution in [-0.2, 0) is 9.72 Å². The van der Waals surface area contributed by atoms with E-state index < -0.39 is 5.16 Å². The standard InChI is InChI=1S/C15H12Br3OP/c16-10-9-15(20-19,11-1-5-13(17)6-2-11)12-3-7-14(18)8-4-12/h1-8H,9-10H2. The molecule has 0 aromatic heterocycles. The molecule has 1 nitrogen and oxygen atoms in total. The summed E-state index contributed by atoms with van der Waals surface area (Å²) >= 11 is 10.4. The third-order valence-electron chi connectivity index (χ3n) is 3.26. The molecule has 0 saturated heterocycles. The molecule has 0 amide bonds. The number of benzene rings is 2. The van der Waals surface area contributed by atoms with Crippen LogP contribution < -0.4 is 0 Å². The van der Waals surface area contributed by atoms with E-state index in [-0.39, 0.29) is 8.46 Å². The van der Waals surface area contributed by atoms with Crippen LogP contribution in [0.4, 0.5) is 0 Å². The first-order valence-corrected chi connectivity index (χ1v) is 9.57. The van der Waals surface area contributed by atoms with Crippen molar-refractivity contribution >= 4 is 56.2 Å². The van der Waals surface area contributed by atoms with Crippen LogP contribution in [0.3, 0.4) is 0 Å². The Morgan fingerprint density at radius 3 is 1.55 bits per heavy atom. The third kappa shape index (κ3) is 3.41. The fourth-order valence-electron chi connectivity index (χ4n) is 2.19. The molecule has 5 heteroatoms. The molecule has 0 unspecified atom stereocenters. The summed E-state index contributed by atoms with van der Waals surface area (Å²) in [5.74, 6) is 0. The van der Waals surface area contributed by atoms with Gasteiger partial charge in [-0.25, -0.2) is 0 Å². The molecule has 0 aliphatic rings. The van der Waals surface area contributed by atoms with Gasteiger partial charge in [-0.3, -0.25) is 4.57 Å². The Morgan fingerprint density at radius 2 is 1.25 bits per heavy atom. The van der Waals surface area contributed by atoms with Gasteiger partial charge in [0.25, 0.3) is 0 Å². The number of hydrogen-bond donors (Lipinski definition) is 0. The highest BCUT2D eigenvalue weighted by Crippen LogP contribution is 2.45. The summed E-state index contributed by atoms with van der Waals surface area (Å²) in [4.78, 5) is 0. The normalized spacial score (nSPS) is 11.8. The minimum Gasteiger partial charge on any atom is -0.274 e. The van der Waals surface area contributed by atoms with Crippen LogP contribution in [0.25, 0.3) is 0 Å². The highest BCUT2D eigenvalue weighted by atomic mass is 79.9. The van der Waals surface area contributed by atoms with Crippen LogP contribution in [-0.4, -0.2) is 5.33 Å². The molecule has 2 aromatic rings. The number of hydrogen-bond acceptors (Lipinski definition) is 1. The second kappa shape index (κ2) is 7.31. The van der Waals surface area contributed by atoms with Gasteiger partial charge in [0.1, 0.15) is 5.16 Å². The Balaban J connectivity index is 2.57. The number of halogens is 3. The lowest BCUT2D eigenvalue weighted by atomic mass is 9.88. The quantitative estimate of drug-likeness (QED) is 0.352. The first-order chi connectivity index (χ1) is 9.62. The molecular weight excluding hydrogens is 467 g/mol. The predicted molar refractivity (Wildman–Crippen MR) is 95.1 cm³/mol. The zero-order chi connectivity index (χ0) is 14.6. The predicted octanol–water partition coefficient (Wildman–Crippen LogP) is 6.53. The molecule has 0 radical (unpaired) electrons. The van der Waals surface area contributed by atoms with Gasteiger partial charge < -0.3 is 0 Å². The van der Waals surface area contributed by atoms with E-state index in [4.69, 9.17) is 0 Å². The average Bonchev–Trinajstić information content (AvgIpc) is 2.47. The van der Waals surface area contributed by atoms with Crippen molar-refractivity contribution in [2.75, 3.05) is 5.33 Å². The van der Waals surface area contributed by atoms with Crippen LogP contribution in [0, 0.1) is 0 Å². The largest absolute Gasteiger partial charge is 0.274 e. The molecule has 0 saturated carbocycles. The van der Waals surface area contributed by atoms with E-state index in [1.54, 1.807) is 0 Å². The van der Waals surface area contributed by atoms with Gasteiger partial charge in [-0.15, -0.1) is 0 Å². The van der Waals surface area contributed by atoms with Gasteiger partial charge in [-0.05, 0) is 41.8 Å². The molecule has 0 atom stereocenters. The van der Waals surface area contributed by atoms with Crippen molar-refractivity contribution in [1.29, 1.82) is 0 Å². The number of alkyl halides is 1. The molecular formula is C15H12Br3OP. The molecule has 0 aliphatic carbocycles. The Bertz CT molecular complexity index is 536. The maximum atomic E-state index is 12.0. The summed E-state index contributed by atoms with van der Waals surface area (Å²) in [7, 11) is 0.107. The lowest BCUT2D eigenvalue weighted by Crippen LogP contribution is -2.21. The molecule has 2 rings (SSSR count). The monoisotopic (exact) mass is 476 g/mol. The van der Waals surface area contributed by atoms with Crippen LogP contribution in [0.2, 0.25) is 0 Å². The molecule has 0 spiro atoms. The lowest BCUT2D eigenvalue weighted by molar-refractivity contribution is 0.570. The maximum absolute atomic E-state index is 12.0. The molecule has 104 valence electrons. The minimum atomic E-state index is -0.509. The average molecular weight is 479 g/mol. The summed E-state index contributed by atoms with van der Waals surface area (Å²) in [5, 5.41) is 0.277. The van der Waals surface area contributed by atoms with E-state index in [0.717, 1.165) is 31.8 Å². The lowest BCUT2D eigenvalue weighted by Gasteiger charge is -2.27. The van der Waals surface area contributed by atoms with Gasteiger partial charge >= 0.3 is 0 Å². The van der Waals surface area contributed by atoms with Gasteiger partial charge in [0.05, 0.1) is 0 Å². The third-order valence-corrected chi connectivity index (χ3v) is 5.76. The van der Waals surface area contributed by atoms with Gasteiger partial charge in [0.2, 0.25) is 0 Å². The smallest absolute Gasteiger partial charge is 0.171 e. The Hall–Kier alpha value is -0.0200. The van der Waals surface area contributed by atoms with E-state index in [9.17, 15) is 4.57 Å². The fourth-order valence-corrected chi connectivity index (χ4v) is 4.34. The summed E-state index contributed by atoms with van der Waals surface area (Å²) in [6, 6.07) is 16.1. The van der Waals surface area contributed by atoms with Crippen molar-refractivity contribution in [3.05, 3.63) is 68.6 Å². The second-order valence-electron chi connectivity index (χ2n) is 4.40. The highest BCUT2D eigenvalue weighted by molar-refractivity contribution is 9.10. The topological polar surface area (TPSA) is 17.1 Å². The Labute approximate surface area is 145 Å². The molecule has 0 N–H and O–H groups in total. The molecule has 2 aromatic carbocycles. The summed E-state index contributed by atoms with van der Waals surface area (Å²) in [6.07, 6.45) is 0.765. The SMILES string of the molecule is O=PC(CCBr)(c1ccc(Br)cc1)c1ccc(Br)cc1. The summed E-state index contributed by atoms with van der Waals surface area (Å²) in [6.45, 7) is 0. The Morgan fingerprint density at radius 1 is 0.850 bits per heavy atom. The van der Waals surface area contributed by atoms with Crippen LogP contribution in [0.5, 0.6) is 0 Å². The van der Waals surface area contributed by atoms with E-state index >= 15 is 0 Å². The summed E-state index contributed by atoms with van der Waals surface area (Å²) < 4.78 is 14.1. The van der Waals surface area contributed by atoms with Crippen LogP contribution in [0.1, 0.15) is 17.5 Å². The fraction of sp³-hybridized carbons (Fsp3) is 0.200. The van der Waals surface area contributed by atoms with Gasteiger partial charge in [-0.2, -0.15) is 0 Å². The zero-order valence-electron chi connectivity index (χ0n) is 10.5. The van der Waals surface area contributed by atoms with Gasteiger partial charge in [0, 0.05) is 14.3 Å². The van der Waals surface area contributed by atoms with Gasteiger partial charge in [-0.1, -0.05) is 72.1 Å². The molecule has 0 heterocycles. The van der Waals surface area contributed by atoms with Crippen molar-refractivity contribution < 1.29 is 4.57 Å². The summed E-state index contributed by atoms with van der Waals surface area (Å²) in [5.41, 5.74) is 2.11. The van der Waals surface area contributed by atoms with Gasteiger partial charge in [0.15, 0.2) is 8.46 Å². The minimum absolute atomic E-state index is 0.107. The van der Waals surface area contributed by atoms with E-state index in [1.165, 1.54) is 0 Å². The Kier molecular flexibility index (Phi) is 5.97. The van der Waals surface area contributed by atoms with Crippen molar-refractivity contribution in [2.45, 2.75) is 11.6 Å². The van der Waals surface area contributed by atoms with E-state index in [1.807, 2.05) is 48.5 Å². The molecule has 0 bridgehead atoms. The second-order valence-corrected chi connectivity index (χ2v) is 7.97. The zero-order valence-corrected chi connectivity index (χ0v) is 16.2. The first kappa shape index (κ1) is 16.4. The highest BCUT2D eigenvalue weighted by Gasteiger charge is 2.34. The van der Waals surface area contributed by atoms with Crippen molar-refractivity contribution in [3.8, 4) is 0 Å². The molecule has 20 heavy (non-hydrogen) atoms. The van der Waals surface area contributed by atoms with Crippen molar-refractivity contribution in [2.24, 2.45) is 0 Å². The molecule has 0 fully saturated rings. The maximum Gasteiger partial charge on any atom is 0.171 e. The van der Waals surface area contributed by atoms with Crippen LogP contribution >= 0.6 is 56.2 Å². The van der Waals surface area contributed by atoms with E-state index in [2.05, 4.69) is 47.8 Å². The van der Waals surface area contributed by atoms with E-state index in [0.29, 0.717) is 0 Å².